The average Bonchev–Trinajstić information content (AvgIpc) is 3.23. The first kappa shape index (κ1) is 21.6. The van der Waals surface area contributed by atoms with Crippen molar-refractivity contribution in [3.8, 4) is 0 Å². The summed E-state index contributed by atoms with van der Waals surface area (Å²) < 4.78 is 5.92. The van der Waals surface area contributed by atoms with E-state index in [2.05, 4.69) is 16.0 Å². The van der Waals surface area contributed by atoms with Crippen LogP contribution in [0.15, 0.2) is 30.3 Å². The van der Waals surface area contributed by atoms with Crippen molar-refractivity contribution in [3.05, 3.63) is 35.9 Å². The number of amides is 3. The highest BCUT2D eigenvalue weighted by Gasteiger charge is 2.42. The van der Waals surface area contributed by atoms with Crippen molar-refractivity contribution < 1.29 is 14.3 Å². The summed E-state index contributed by atoms with van der Waals surface area (Å²) in [5.41, 5.74) is 0.246. The second-order valence-electron chi connectivity index (χ2n) is 8.32. The fraction of sp³-hybridized carbons (Fsp3) is 0.652. The molecule has 0 aliphatic heterocycles. The van der Waals surface area contributed by atoms with Gasteiger partial charge in [-0.2, -0.15) is 0 Å². The number of nitrogens with one attached hydrogen (secondary N) is 3. The quantitative estimate of drug-likeness (QED) is 0.553. The van der Waals surface area contributed by atoms with Gasteiger partial charge in [-0.3, -0.25) is 4.79 Å². The maximum atomic E-state index is 12.8. The minimum atomic E-state index is -0.787. The third kappa shape index (κ3) is 6.74. The first-order valence-corrected chi connectivity index (χ1v) is 11.2. The standard InChI is InChI=1S/C23H35N3O3/c27-21(24-16-9-17-29-20-12-5-2-6-13-20)23(14-7-8-15-23)26-22(28)25-18-19-10-3-1-4-11-19/h1,3-4,10-11,20H,2,5-9,12-18H2,(H,24,27)(H2,25,26,28). The number of carbonyl (C=O) groups excluding carboxylic acids is 2. The molecule has 2 saturated carbocycles. The number of urea groups is 1. The number of carbonyl (C=O) groups is 2. The zero-order valence-corrected chi connectivity index (χ0v) is 17.4. The lowest BCUT2D eigenvalue weighted by atomic mass is 9.96. The van der Waals surface area contributed by atoms with E-state index in [0.29, 0.717) is 38.6 Å². The zero-order valence-electron chi connectivity index (χ0n) is 17.4. The Labute approximate surface area is 174 Å². The van der Waals surface area contributed by atoms with Gasteiger partial charge in [0.25, 0.3) is 0 Å². The molecular formula is C23H35N3O3. The highest BCUT2D eigenvalue weighted by atomic mass is 16.5. The molecule has 29 heavy (non-hydrogen) atoms. The van der Waals surface area contributed by atoms with Crippen LogP contribution in [0, 0.1) is 0 Å². The van der Waals surface area contributed by atoms with E-state index in [1.54, 1.807) is 0 Å². The van der Waals surface area contributed by atoms with E-state index < -0.39 is 5.54 Å². The fourth-order valence-corrected chi connectivity index (χ4v) is 4.35. The van der Waals surface area contributed by atoms with Crippen molar-refractivity contribution in [2.24, 2.45) is 0 Å². The highest BCUT2D eigenvalue weighted by molar-refractivity contribution is 5.91. The van der Waals surface area contributed by atoms with Gasteiger partial charge in [-0.05, 0) is 37.7 Å². The number of benzene rings is 1. The number of hydrogen-bond donors (Lipinski definition) is 3. The Morgan fingerprint density at radius 3 is 2.41 bits per heavy atom. The van der Waals surface area contributed by atoms with Gasteiger partial charge < -0.3 is 20.7 Å². The van der Waals surface area contributed by atoms with Crippen molar-refractivity contribution in [1.82, 2.24) is 16.0 Å². The van der Waals surface area contributed by atoms with Gasteiger partial charge in [-0.25, -0.2) is 4.79 Å². The molecule has 2 aliphatic carbocycles. The van der Waals surface area contributed by atoms with Crippen LogP contribution in [0.5, 0.6) is 0 Å². The highest BCUT2D eigenvalue weighted by Crippen LogP contribution is 2.30. The number of ether oxygens (including phenoxy) is 1. The Morgan fingerprint density at radius 2 is 1.69 bits per heavy atom. The van der Waals surface area contributed by atoms with Gasteiger partial charge in [0.2, 0.25) is 5.91 Å². The van der Waals surface area contributed by atoms with Crippen LogP contribution in [0.4, 0.5) is 4.79 Å². The second-order valence-corrected chi connectivity index (χ2v) is 8.32. The third-order valence-corrected chi connectivity index (χ3v) is 6.05. The van der Waals surface area contributed by atoms with Gasteiger partial charge in [-0.15, -0.1) is 0 Å². The summed E-state index contributed by atoms with van der Waals surface area (Å²) in [6, 6.07) is 9.48. The molecule has 3 amide bonds. The van der Waals surface area contributed by atoms with Crippen LogP contribution in [-0.2, 0) is 16.1 Å². The Kier molecular flexibility index (Phi) is 8.35. The second kappa shape index (κ2) is 11.2. The van der Waals surface area contributed by atoms with Crippen molar-refractivity contribution in [3.63, 3.8) is 0 Å². The summed E-state index contributed by atoms with van der Waals surface area (Å²) >= 11 is 0. The van der Waals surface area contributed by atoms with E-state index in [0.717, 1.165) is 37.7 Å². The van der Waals surface area contributed by atoms with E-state index in [4.69, 9.17) is 4.74 Å². The van der Waals surface area contributed by atoms with Gasteiger partial charge in [0.1, 0.15) is 5.54 Å². The molecule has 0 aromatic heterocycles. The summed E-state index contributed by atoms with van der Waals surface area (Å²) in [5, 5.41) is 8.85. The van der Waals surface area contributed by atoms with Crippen LogP contribution >= 0.6 is 0 Å². The average molecular weight is 402 g/mol. The molecule has 2 fully saturated rings. The lowest BCUT2D eigenvalue weighted by Crippen LogP contribution is -2.59. The topological polar surface area (TPSA) is 79.5 Å². The summed E-state index contributed by atoms with van der Waals surface area (Å²) in [4.78, 5) is 25.3. The summed E-state index contributed by atoms with van der Waals surface area (Å²) in [6.45, 7) is 1.71. The Bertz CT molecular complexity index is 638. The summed E-state index contributed by atoms with van der Waals surface area (Å²) in [7, 11) is 0. The van der Waals surface area contributed by atoms with Gasteiger partial charge >= 0.3 is 6.03 Å². The van der Waals surface area contributed by atoms with Gasteiger partial charge in [0, 0.05) is 19.7 Å². The Balaban J connectivity index is 1.38. The van der Waals surface area contributed by atoms with Crippen molar-refractivity contribution in [2.45, 2.75) is 82.4 Å². The van der Waals surface area contributed by atoms with Crippen LogP contribution in [-0.4, -0.2) is 36.7 Å². The molecule has 0 atom stereocenters. The molecule has 6 nitrogen and oxygen atoms in total. The zero-order chi connectivity index (χ0) is 20.4. The molecule has 0 heterocycles. The first-order valence-electron chi connectivity index (χ1n) is 11.2. The lowest BCUT2D eigenvalue weighted by molar-refractivity contribution is -0.127. The molecule has 160 valence electrons. The third-order valence-electron chi connectivity index (χ3n) is 6.05. The Hall–Kier alpha value is -2.08. The molecule has 1 aromatic rings. The fourth-order valence-electron chi connectivity index (χ4n) is 4.35. The molecule has 1 aromatic carbocycles. The molecule has 0 bridgehead atoms. The van der Waals surface area contributed by atoms with E-state index in [-0.39, 0.29) is 11.9 Å². The number of hydrogen-bond acceptors (Lipinski definition) is 3. The van der Waals surface area contributed by atoms with Gasteiger partial charge in [0.15, 0.2) is 0 Å². The maximum Gasteiger partial charge on any atom is 0.315 e. The molecular weight excluding hydrogens is 366 g/mol. The van der Waals surface area contributed by atoms with Crippen molar-refractivity contribution >= 4 is 11.9 Å². The number of rotatable bonds is 9. The van der Waals surface area contributed by atoms with Crippen LogP contribution in [0.25, 0.3) is 0 Å². The molecule has 0 unspecified atom stereocenters. The molecule has 2 aliphatic rings. The van der Waals surface area contributed by atoms with Gasteiger partial charge in [0.05, 0.1) is 6.10 Å². The van der Waals surface area contributed by atoms with Gasteiger partial charge in [-0.1, -0.05) is 62.4 Å². The summed E-state index contributed by atoms with van der Waals surface area (Å²) in [5.74, 6) is -0.0671. The van der Waals surface area contributed by atoms with Crippen LogP contribution in [0.3, 0.4) is 0 Å². The van der Waals surface area contributed by atoms with Crippen LogP contribution < -0.4 is 16.0 Å². The van der Waals surface area contributed by atoms with E-state index in [1.807, 2.05) is 30.3 Å². The molecule has 3 N–H and O–H groups in total. The lowest BCUT2D eigenvalue weighted by Gasteiger charge is -2.29. The minimum Gasteiger partial charge on any atom is -0.378 e. The van der Waals surface area contributed by atoms with E-state index >= 15 is 0 Å². The first-order chi connectivity index (χ1) is 14.2. The van der Waals surface area contributed by atoms with Crippen LogP contribution in [0.2, 0.25) is 0 Å². The summed E-state index contributed by atoms with van der Waals surface area (Å²) in [6.07, 6.45) is 10.7. The SMILES string of the molecule is O=C(NCc1ccccc1)NC1(C(=O)NCCCOC2CCCCC2)CCCC1. The maximum absolute atomic E-state index is 12.8. The van der Waals surface area contributed by atoms with Crippen molar-refractivity contribution in [2.75, 3.05) is 13.2 Å². The molecule has 0 radical (unpaired) electrons. The molecule has 3 rings (SSSR count). The molecule has 6 heteroatoms. The predicted octanol–water partition coefficient (Wildman–Crippen LogP) is 3.65. The van der Waals surface area contributed by atoms with Crippen molar-refractivity contribution in [1.29, 1.82) is 0 Å². The molecule has 0 saturated heterocycles. The predicted molar refractivity (Wildman–Crippen MR) is 113 cm³/mol. The smallest absolute Gasteiger partial charge is 0.315 e. The minimum absolute atomic E-state index is 0.0671. The largest absolute Gasteiger partial charge is 0.378 e. The molecule has 0 spiro atoms. The normalized spacial score (nSPS) is 18.9. The Morgan fingerprint density at radius 1 is 0.966 bits per heavy atom. The van der Waals surface area contributed by atoms with Crippen LogP contribution in [0.1, 0.15) is 69.8 Å². The van der Waals surface area contributed by atoms with E-state index in [9.17, 15) is 9.59 Å². The monoisotopic (exact) mass is 401 g/mol. The van der Waals surface area contributed by atoms with E-state index in [1.165, 1.54) is 19.3 Å².